The molecule has 1 aliphatic rings. The fraction of sp³-hybridized carbons (Fsp3) is 0.571. The lowest BCUT2D eigenvalue weighted by atomic mass is 9.75. The normalized spacial score (nSPS) is 17.8. The maximum absolute atomic E-state index is 13.2. The standard InChI is InChI=1S/C14H20BrFN2/c1-18(2)14(6-3-7-14)10-17-9-11-8-12(16)4-5-13(11)15/h4-5,8,17H,3,6-7,9-10H2,1-2H3. The molecule has 0 heterocycles. The molecule has 0 unspecified atom stereocenters. The molecule has 1 aromatic rings. The van der Waals surface area contributed by atoms with Crippen LogP contribution in [0.4, 0.5) is 4.39 Å². The van der Waals surface area contributed by atoms with Crippen LogP contribution in [0.25, 0.3) is 0 Å². The first-order valence-corrected chi connectivity index (χ1v) is 7.15. The number of nitrogens with one attached hydrogen (secondary N) is 1. The van der Waals surface area contributed by atoms with E-state index in [1.165, 1.54) is 25.3 Å². The van der Waals surface area contributed by atoms with E-state index in [4.69, 9.17) is 0 Å². The minimum Gasteiger partial charge on any atom is -0.311 e. The second-order valence-corrected chi connectivity index (χ2v) is 6.17. The SMILES string of the molecule is CN(C)C1(CNCc2cc(F)ccc2Br)CCC1. The molecule has 2 rings (SSSR count). The van der Waals surface area contributed by atoms with Gasteiger partial charge in [-0.25, -0.2) is 4.39 Å². The van der Waals surface area contributed by atoms with E-state index >= 15 is 0 Å². The van der Waals surface area contributed by atoms with Crippen LogP contribution in [0.1, 0.15) is 24.8 Å². The molecule has 0 amide bonds. The van der Waals surface area contributed by atoms with Crippen LogP contribution in [0, 0.1) is 5.82 Å². The highest BCUT2D eigenvalue weighted by atomic mass is 79.9. The fourth-order valence-electron chi connectivity index (χ4n) is 2.48. The average molecular weight is 315 g/mol. The summed E-state index contributed by atoms with van der Waals surface area (Å²) in [6.07, 6.45) is 3.80. The Balaban J connectivity index is 1.90. The molecule has 18 heavy (non-hydrogen) atoms. The third-order valence-corrected chi connectivity index (χ3v) is 4.78. The van der Waals surface area contributed by atoms with E-state index in [-0.39, 0.29) is 5.82 Å². The summed E-state index contributed by atoms with van der Waals surface area (Å²) in [7, 11) is 4.28. The van der Waals surface area contributed by atoms with Gasteiger partial charge in [-0.2, -0.15) is 0 Å². The van der Waals surface area contributed by atoms with Gasteiger partial charge in [0.25, 0.3) is 0 Å². The van der Waals surface area contributed by atoms with Crippen LogP contribution in [0.3, 0.4) is 0 Å². The molecule has 0 aliphatic heterocycles. The van der Waals surface area contributed by atoms with Crippen molar-refractivity contribution >= 4 is 15.9 Å². The molecular formula is C14H20BrFN2. The van der Waals surface area contributed by atoms with Gasteiger partial charge in [0, 0.05) is 23.1 Å². The van der Waals surface area contributed by atoms with Crippen molar-refractivity contribution in [2.24, 2.45) is 0 Å². The Bertz CT molecular complexity index is 416. The van der Waals surface area contributed by atoms with Crippen LogP contribution < -0.4 is 5.32 Å². The summed E-state index contributed by atoms with van der Waals surface area (Å²) in [5.74, 6) is -0.180. The van der Waals surface area contributed by atoms with E-state index in [0.717, 1.165) is 16.6 Å². The molecule has 2 nitrogen and oxygen atoms in total. The van der Waals surface area contributed by atoms with Gasteiger partial charge in [-0.15, -0.1) is 0 Å². The maximum Gasteiger partial charge on any atom is 0.123 e. The minimum atomic E-state index is -0.180. The van der Waals surface area contributed by atoms with Crippen LogP contribution >= 0.6 is 15.9 Å². The number of nitrogens with zero attached hydrogens (tertiary/aromatic N) is 1. The first kappa shape index (κ1) is 14.0. The highest BCUT2D eigenvalue weighted by Crippen LogP contribution is 2.35. The molecule has 0 atom stereocenters. The monoisotopic (exact) mass is 314 g/mol. The average Bonchev–Trinajstić information content (AvgIpc) is 2.26. The number of hydrogen-bond donors (Lipinski definition) is 1. The van der Waals surface area contributed by atoms with Crippen molar-refractivity contribution in [2.75, 3.05) is 20.6 Å². The van der Waals surface area contributed by atoms with Gasteiger partial charge in [-0.05, 0) is 57.1 Å². The van der Waals surface area contributed by atoms with Gasteiger partial charge in [-0.1, -0.05) is 15.9 Å². The van der Waals surface area contributed by atoms with Crippen LogP contribution in [-0.4, -0.2) is 31.1 Å². The third-order valence-electron chi connectivity index (χ3n) is 4.01. The molecule has 1 aliphatic carbocycles. The first-order chi connectivity index (χ1) is 8.53. The van der Waals surface area contributed by atoms with Crippen molar-refractivity contribution in [3.63, 3.8) is 0 Å². The summed E-state index contributed by atoms with van der Waals surface area (Å²) in [4.78, 5) is 2.31. The molecule has 1 fully saturated rings. The van der Waals surface area contributed by atoms with Crippen molar-refractivity contribution in [2.45, 2.75) is 31.3 Å². The van der Waals surface area contributed by atoms with Crippen molar-refractivity contribution in [1.82, 2.24) is 10.2 Å². The Hall–Kier alpha value is -0.450. The fourth-order valence-corrected chi connectivity index (χ4v) is 2.86. The smallest absolute Gasteiger partial charge is 0.123 e. The lowest BCUT2D eigenvalue weighted by molar-refractivity contribution is 0.0598. The van der Waals surface area contributed by atoms with Gasteiger partial charge >= 0.3 is 0 Å². The highest BCUT2D eigenvalue weighted by Gasteiger charge is 2.38. The Kier molecular flexibility index (Phi) is 4.41. The quantitative estimate of drug-likeness (QED) is 0.898. The Morgan fingerprint density at radius 1 is 1.39 bits per heavy atom. The molecule has 1 N–H and O–H groups in total. The van der Waals surface area contributed by atoms with Gasteiger partial charge in [0.1, 0.15) is 5.82 Å². The number of likely N-dealkylation sites (N-methyl/N-ethyl adjacent to an activating group) is 1. The van der Waals surface area contributed by atoms with Crippen LogP contribution in [0.5, 0.6) is 0 Å². The zero-order chi connectivity index (χ0) is 13.2. The molecule has 4 heteroatoms. The Labute approximate surface area is 117 Å². The second kappa shape index (κ2) is 5.68. The van der Waals surface area contributed by atoms with Crippen molar-refractivity contribution in [3.05, 3.63) is 34.1 Å². The molecule has 0 aromatic heterocycles. The first-order valence-electron chi connectivity index (χ1n) is 6.36. The van der Waals surface area contributed by atoms with Crippen molar-refractivity contribution < 1.29 is 4.39 Å². The van der Waals surface area contributed by atoms with E-state index in [0.29, 0.717) is 12.1 Å². The Morgan fingerprint density at radius 3 is 2.67 bits per heavy atom. The molecular weight excluding hydrogens is 295 g/mol. The second-order valence-electron chi connectivity index (χ2n) is 5.31. The predicted octanol–water partition coefficient (Wildman–Crippen LogP) is 3.16. The maximum atomic E-state index is 13.2. The van der Waals surface area contributed by atoms with Crippen molar-refractivity contribution in [1.29, 1.82) is 0 Å². The zero-order valence-electron chi connectivity index (χ0n) is 11.0. The summed E-state index contributed by atoms with van der Waals surface area (Å²) >= 11 is 3.45. The summed E-state index contributed by atoms with van der Waals surface area (Å²) in [5, 5.41) is 3.46. The number of rotatable bonds is 5. The summed E-state index contributed by atoms with van der Waals surface area (Å²) < 4.78 is 14.1. The lowest BCUT2D eigenvalue weighted by Crippen LogP contribution is -2.56. The predicted molar refractivity (Wildman–Crippen MR) is 76.1 cm³/mol. The molecule has 100 valence electrons. The highest BCUT2D eigenvalue weighted by molar-refractivity contribution is 9.10. The third kappa shape index (κ3) is 2.92. The molecule has 0 bridgehead atoms. The van der Waals surface area contributed by atoms with Crippen LogP contribution in [0.2, 0.25) is 0 Å². The lowest BCUT2D eigenvalue weighted by Gasteiger charge is -2.47. The number of benzene rings is 1. The molecule has 1 aromatic carbocycles. The summed E-state index contributed by atoms with van der Waals surface area (Å²) in [6, 6.07) is 4.82. The largest absolute Gasteiger partial charge is 0.311 e. The summed E-state index contributed by atoms with van der Waals surface area (Å²) in [6.45, 7) is 1.66. The van der Waals surface area contributed by atoms with Gasteiger partial charge in [0.2, 0.25) is 0 Å². The topological polar surface area (TPSA) is 15.3 Å². The molecule has 0 spiro atoms. The van der Waals surface area contributed by atoms with E-state index in [2.05, 4.69) is 40.2 Å². The van der Waals surface area contributed by atoms with E-state index in [1.807, 2.05) is 0 Å². The summed E-state index contributed by atoms with van der Waals surface area (Å²) in [5.41, 5.74) is 1.28. The minimum absolute atomic E-state index is 0.180. The van der Waals surface area contributed by atoms with Gasteiger partial charge in [0.05, 0.1) is 0 Å². The zero-order valence-corrected chi connectivity index (χ0v) is 12.6. The van der Waals surface area contributed by atoms with Crippen molar-refractivity contribution in [3.8, 4) is 0 Å². The van der Waals surface area contributed by atoms with Crippen LogP contribution in [-0.2, 0) is 6.54 Å². The molecule has 0 radical (unpaired) electrons. The van der Waals surface area contributed by atoms with E-state index in [1.54, 1.807) is 12.1 Å². The van der Waals surface area contributed by atoms with Gasteiger partial charge < -0.3 is 10.2 Å². The van der Waals surface area contributed by atoms with Crippen LogP contribution in [0.15, 0.2) is 22.7 Å². The number of hydrogen-bond acceptors (Lipinski definition) is 2. The van der Waals surface area contributed by atoms with Gasteiger partial charge in [0.15, 0.2) is 0 Å². The van der Waals surface area contributed by atoms with Gasteiger partial charge in [-0.3, -0.25) is 0 Å². The Morgan fingerprint density at radius 2 is 2.11 bits per heavy atom. The molecule has 1 saturated carbocycles. The molecule has 0 saturated heterocycles. The van der Waals surface area contributed by atoms with E-state index in [9.17, 15) is 4.39 Å². The number of halogens is 2. The van der Waals surface area contributed by atoms with E-state index < -0.39 is 0 Å².